The summed E-state index contributed by atoms with van der Waals surface area (Å²) in [5.74, 6) is -0.105. The van der Waals surface area contributed by atoms with Gasteiger partial charge in [0.25, 0.3) is 0 Å². The topological polar surface area (TPSA) is 20.2 Å². The lowest BCUT2D eigenvalue weighted by Crippen LogP contribution is -2.07. The number of rotatable bonds is 7. The predicted molar refractivity (Wildman–Crippen MR) is 45.3 cm³/mol. The molecule has 0 aliphatic rings. The van der Waals surface area contributed by atoms with E-state index in [1.807, 2.05) is 0 Å². The summed E-state index contributed by atoms with van der Waals surface area (Å²) >= 11 is 0. The van der Waals surface area contributed by atoms with Crippen molar-refractivity contribution in [3.8, 4) is 0 Å². The third-order valence-corrected chi connectivity index (χ3v) is 1.94. The second kappa shape index (κ2) is 7.99. The minimum absolute atomic E-state index is 0.00260. The van der Waals surface area contributed by atoms with Gasteiger partial charge in [0.15, 0.2) is 0 Å². The third-order valence-electron chi connectivity index (χ3n) is 1.94. The van der Waals surface area contributed by atoms with E-state index >= 15 is 0 Å². The van der Waals surface area contributed by atoms with E-state index in [1.165, 1.54) is 19.3 Å². The standard InChI is InChI=1S/C9H19FO/c1-2-3-4-5-6-9(7-10)8-11/h9,11H,2-8H2,1H3. The van der Waals surface area contributed by atoms with Crippen molar-refractivity contribution in [2.45, 2.75) is 39.0 Å². The van der Waals surface area contributed by atoms with Crippen molar-refractivity contribution in [3.63, 3.8) is 0 Å². The summed E-state index contributed by atoms with van der Waals surface area (Å²) in [4.78, 5) is 0. The normalized spacial score (nSPS) is 13.4. The number of halogens is 1. The van der Waals surface area contributed by atoms with Crippen LogP contribution in [0.1, 0.15) is 39.0 Å². The predicted octanol–water partition coefficient (Wildman–Crippen LogP) is 2.53. The van der Waals surface area contributed by atoms with Crippen LogP contribution in [0.3, 0.4) is 0 Å². The average molecular weight is 162 g/mol. The highest BCUT2D eigenvalue weighted by atomic mass is 19.1. The van der Waals surface area contributed by atoms with Crippen molar-refractivity contribution in [2.75, 3.05) is 13.3 Å². The molecule has 0 spiro atoms. The van der Waals surface area contributed by atoms with E-state index in [9.17, 15) is 4.39 Å². The molecule has 0 aliphatic heterocycles. The molecule has 1 N–H and O–H groups in total. The van der Waals surface area contributed by atoms with E-state index in [0.717, 1.165) is 12.8 Å². The zero-order valence-electron chi connectivity index (χ0n) is 7.35. The lowest BCUT2D eigenvalue weighted by molar-refractivity contribution is 0.187. The van der Waals surface area contributed by atoms with E-state index in [0.29, 0.717) is 0 Å². The summed E-state index contributed by atoms with van der Waals surface area (Å²) < 4.78 is 12.0. The van der Waals surface area contributed by atoms with Crippen LogP contribution in [0.4, 0.5) is 4.39 Å². The molecule has 0 aromatic rings. The maximum atomic E-state index is 12.0. The van der Waals surface area contributed by atoms with Gasteiger partial charge < -0.3 is 5.11 Å². The zero-order valence-corrected chi connectivity index (χ0v) is 7.35. The smallest absolute Gasteiger partial charge is 0.0944 e. The number of hydrogen-bond acceptors (Lipinski definition) is 1. The Labute approximate surface area is 68.6 Å². The quantitative estimate of drug-likeness (QED) is 0.570. The van der Waals surface area contributed by atoms with Gasteiger partial charge in [-0.15, -0.1) is 0 Å². The Bertz CT molecular complexity index is 72.0. The summed E-state index contributed by atoms with van der Waals surface area (Å²) in [6.45, 7) is 1.78. The molecule has 68 valence electrons. The monoisotopic (exact) mass is 162 g/mol. The number of aliphatic hydroxyl groups is 1. The minimum atomic E-state index is -0.372. The van der Waals surface area contributed by atoms with E-state index in [4.69, 9.17) is 5.11 Å². The molecule has 0 saturated heterocycles. The number of unbranched alkanes of at least 4 members (excludes halogenated alkanes) is 3. The van der Waals surface area contributed by atoms with Gasteiger partial charge in [0.05, 0.1) is 6.67 Å². The van der Waals surface area contributed by atoms with Crippen LogP contribution in [0, 0.1) is 5.92 Å². The van der Waals surface area contributed by atoms with Crippen molar-refractivity contribution >= 4 is 0 Å². The van der Waals surface area contributed by atoms with Crippen LogP contribution in [0.15, 0.2) is 0 Å². The van der Waals surface area contributed by atoms with Crippen molar-refractivity contribution in [1.82, 2.24) is 0 Å². The van der Waals surface area contributed by atoms with Gasteiger partial charge in [-0.05, 0) is 6.42 Å². The molecule has 11 heavy (non-hydrogen) atoms. The summed E-state index contributed by atoms with van der Waals surface area (Å²) in [6, 6.07) is 0. The SMILES string of the molecule is CCCCCCC(CO)CF. The first-order valence-electron chi connectivity index (χ1n) is 4.52. The Morgan fingerprint density at radius 2 is 2.00 bits per heavy atom. The molecule has 2 heteroatoms. The van der Waals surface area contributed by atoms with Crippen LogP contribution in [0.25, 0.3) is 0 Å². The van der Waals surface area contributed by atoms with Crippen LogP contribution >= 0.6 is 0 Å². The summed E-state index contributed by atoms with van der Waals surface area (Å²) in [5.41, 5.74) is 0. The third kappa shape index (κ3) is 6.29. The lowest BCUT2D eigenvalue weighted by atomic mass is 10.0. The van der Waals surface area contributed by atoms with Crippen molar-refractivity contribution in [1.29, 1.82) is 0 Å². The van der Waals surface area contributed by atoms with Gasteiger partial charge in [0, 0.05) is 12.5 Å². The Morgan fingerprint density at radius 1 is 1.27 bits per heavy atom. The molecular weight excluding hydrogens is 143 g/mol. The van der Waals surface area contributed by atoms with Crippen molar-refractivity contribution in [2.24, 2.45) is 5.92 Å². The maximum Gasteiger partial charge on any atom is 0.0944 e. The number of hydrogen-bond donors (Lipinski definition) is 1. The molecule has 0 bridgehead atoms. The van der Waals surface area contributed by atoms with E-state index in [1.54, 1.807) is 0 Å². The van der Waals surface area contributed by atoms with Crippen molar-refractivity contribution < 1.29 is 9.50 Å². The Hall–Kier alpha value is -0.110. The summed E-state index contributed by atoms with van der Waals surface area (Å²) in [6.07, 6.45) is 5.51. The summed E-state index contributed by atoms with van der Waals surface area (Å²) in [5, 5.41) is 8.64. The fourth-order valence-electron chi connectivity index (χ4n) is 1.08. The number of aliphatic hydroxyl groups excluding tert-OH is 1. The molecule has 1 unspecified atom stereocenters. The lowest BCUT2D eigenvalue weighted by Gasteiger charge is -2.07. The Kier molecular flexibility index (Phi) is 7.91. The molecule has 1 nitrogen and oxygen atoms in total. The first kappa shape index (κ1) is 10.9. The van der Waals surface area contributed by atoms with Gasteiger partial charge in [-0.25, -0.2) is 0 Å². The number of alkyl halides is 1. The van der Waals surface area contributed by atoms with Gasteiger partial charge >= 0.3 is 0 Å². The fourth-order valence-corrected chi connectivity index (χ4v) is 1.08. The molecular formula is C9H19FO. The van der Waals surface area contributed by atoms with E-state index in [-0.39, 0.29) is 19.2 Å². The van der Waals surface area contributed by atoms with Crippen LogP contribution in [0.5, 0.6) is 0 Å². The molecule has 0 aliphatic carbocycles. The zero-order chi connectivity index (χ0) is 8.53. The van der Waals surface area contributed by atoms with E-state index in [2.05, 4.69) is 6.92 Å². The highest BCUT2D eigenvalue weighted by Crippen LogP contribution is 2.10. The minimum Gasteiger partial charge on any atom is -0.396 e. The maximum absolute atomic E-state index is 12.0. The van der Waals surface area contributed by atoms with E-state index < -0.39 is 0 Å². The molecule has 0 radical (unpaired) electrons. The van der Waals surface area contributed by atoms with Gasteiger partial charge in [0.1, 0.15) is 0 Å². The van der Waals surface area contributed by atoms with Gasteiger partial charge in [-0.2, -0.15) is 0 Å². The first-order valence-corrected chi connectivity index (χ1v) is 4.52. The van der Waals surface area contributed by atoms with Crippen LogP contribution < -0.4 is 0 Å². The molecule has 0 amide bonds. The highest BCUT2D eigenvalue weighted by molar-refractivity contribution is 4.55. The molecule has 0 aromatic heterocycles. The molecule has 0 aromatic carbocycles. The summed E-state index contributed by atoms with van der Waals surface area (Å²) in [7, 11) is 0. The van der Waals surface area contributed by atoms with Crippen LogP contribution in [0.2, 0.25) is 0 Å². The molecule has 0 fully saturated rings. The largest absolute Gasteiger partial charge is 0.396 e. The average Bonchev–Trinajstić information content (AvgIpc) is 2.05. The Morgan fingerprint density at radius 3 is 2.45 bits per heavy atom. The second-order valence-corrected chi connectivity index (χ2v) is 3.05. The molecule has 0 rings (SSSR count). The molecule has 1 atom stereocenters. The van der Waals surface area contributed by atoms with Gasteiger partial charge in [0.2, 0.25) is 0 Å². The van der Waals surface area contributed by atoms with Crippen LogP contribution in [-0.4, -0.2) is 18.4 Å². The van der Waals surface area contributed by atoms with Gasteiger partial charge in [-0.3, -0.25) is 4.39 Å². The molecule has 0 heterocycles. The highest BCUT2D eigenvalue weighted by Gasteiger charge is 2.04. The Balaban J connectivity index is 3.07. The first-order chi connectivity index (χ1) is 5.35. The second-order valence-electron chi connectivity index (χ2n) is 3.05. The molecule has 0 saturated carbocycles. The fraction of sp³-hybridized carbons (Fsp3) is 1.00. The van der Waals surface area contributed by atoms with Crippen LogP contribution in [-0.2, 0) is 0 Å². The van der Waals surface area contributed by atoms with Gasteiger partial charge in [-0.1, -0.05) is 32.6 Å². The van der Waals surface area contributed by atoms with Crippen molar-refractivity contribution in [3.05, 3.63) is 0 Å².